The zero-order chi connectivity index (χ0) is 21.1. The quantitative estimate of drug-likeness (QED) is 0.443. The van der Waals surface area contributed by atoms with Crippen LogP contribution >= 0.6 is 15.9 Å². The number of carbonyl (C=O) groups excluding carboxylic acids is 2. The summed E-state index contributed by atoms with van der Waals surface area (Å²) in [5.41, 5.74) is 6.55. The van der Waals surface area contributed by atoms with Gasteiger partial charge in [-0.05, 0) is 30.3 Å². The van der Waals surface area contributed by atoms with E-state index in [0.29, 0.717) is 17.2 Å². The Morgan fingerprint density at radius 3 is 2.57 bits per heavy atom. The van der Waals surface area contributed by atoms with Gasteiger partial charge < -0.3 is 9.30 Å². The zero-order valence-electron chi connectivity index (χ0n) is 15.9. The number of hydrogen-bond donors (Lipinski definition) is 2. The summed E-state index contributed by atoms with van der Waals surface area (Å²) in [6.45, 7) is 0. The van der Waals surface area contributed by atoms with E-state index < -0.39 is 11.8 Å². The maximum atomic E-state index is 12.5. The molecule has 0 saturated carbocycles. The predicted octanol–water partition coefficient (Wildman–Crippen LogP) is 4.20. The Bertz CT molecular complexity index is 1230. The number of carbonyl (C=O) groups is 2. The molecule has 2 N–H and O–H groups in total. The number of pyridine rings is 1. The number of hydrogen-bond acceptors (Lipinski definition) is 4. The van der Waals surface area contributed by atoms with Gasteiger partial charge in [0.1, 0.15) is 5.75 Å². The van der Waals surface area contributed by atoms with Crippen LogP contribution in [0.15, 0.2) is 77.5 Å². The van der Waals surface area contributed by atoms with Crippen LogP contribution in [0.3, 0.4) is 0 Å². The van der Waals surface area contributed by atoms with Gasteiger partial charge in [-0.25, -0.2) is 4.98 Å². The normalized spacial score (nSPS) is 10.6. The summed E-state index contributed by atoms with van der Waals surface area (Å²) in [4.78, 5) is 29.0. The van der Waals surface area contributed by atoms with Crippen molar-refractivity contribution < 1.29 is 14.3 Å². The SMILES string of the molecule is Cn1cc(C(=O)NNC(=O)c2ccc(Oc3cccc(Br)c3)nc2)c2ccccc21. The van der Waals surface area contributed by atoms with Crippen LogP contribution in [0.25, 0.3) is 10.9 Å². The number of rotatable bonds is 4. The van der Waals surface area contributed by atoms with Crippen LogP contribution in [0.1, 0.15) is 20.7 Å². The molecule has 4 rings (SSSR count). The molecule has 2 aromatic heterocycles. The van der Waals surface area contributed by atoms with Crippen molar-refractivity contribution in [3.8, 4) is 11.6 Å². The number of nitrogens with one attached hydrogen (secondary N) is 2. The Morgan fingerprint density at radius 1 is 1.00 bits per heavy atom. The Labute approximate surface area is 180 Å². The minimum absolute atomic E-state index is 0.287. The predicted molar refractivity (Wildman–Crippen MR) is 116 cm³/mol. The molecule has 150 valence electrons. The minimum Gasteiger partial charge on any atom is -0.439 e. The van der Waals surface area contributed by atoms with E-state index in [0.717, 1.165) is 15.4 Å². The van der Waals surface area contributed by atoms with Crippen LogP contribution in [0, 0.1) is 0 Å². The third-order valence-corrected chi connectivity index (χ3v) is 4.94. The molecule has 0 saturated heterocycles. The summed E-state index contributed by atoms with van der Waals surface area (Å²) in [6, 6.07) is 18.1. The van der Waals surface area contributed by atoms with Gasteiger partial charge in [-0.3, -0.25) is 20.4 Å². The molecule has 0 aliphatic carbocycles. The minimum atomic E-state index is -0.481. The van der Waals surface area contributed by atoms with Crippen LogP contribution in [0.2, 0.25) is 0 Å². The van der Waals surface area contributed by atoms with Crippen molar-refractivity contribution in [1.82, 2.24) is 20.4 Å². The number of aryl methyl sites for hydroxylation is 1. The van der Waals surface area contributed by atoms with Crippen molar-refractivity contribution in [1.29, 1.82) is 0 Å². The molecule has 30 heavy (non-hydrogen) atoms. The summed E-state index contributed by atoms with van der Waals surface area (Å²) in [5.74, 6) is 0.0914. The van der Waals surface area contributed by atoms with E-state index in [1.807, 2.05) is 54.1 Å². The Morgan fingerprint density at radius 2 is 1.80 bits per heavy atom. The lowest BCUT2D eigenvalue weighted by molar-refractivity contribution is 0.0847. The highest BCUT2D eigenvalue weighted by Crippen LogP contribution is 2.23. The molecular formula is C22H17BrN4O3. The fourth-order valence-corrected chi connectivity index (χ4v) is 3.38. The van der Waals surface area contributed by atoms with E-state index in [-0.39, 0.29) is 5.56 Å². The summed E-state index contributed by atoms with van der Waals surface area (Å²) >= 11 is 3.38. The van der Waals surface area contributed by atoms with Gasteiger partial charge in [0.15, 0.2) is 0 Å². The first kappa shape index (κ1) is 19.7. The first-order chi connectivity index (χ1) is 14.5. The standard InChI is InChI=1S/C22H17BrN4O3/c1-27-13-18(17-7-2-3-8-19(17)27)22(29)26-25-21(28)14-9-10-20(24-12-14)30-16-6-4-5-15(23)11-16/h2-13H,1H3,(H,25,28)(H,26,29). The summed E-state index contributed by atoms with van der Waals surface area (Å²) in [5, 5.41) is 0.808. The highest BCUT2D eigenvalue weighted by Gasteiger charge is 2.15. The summed E-state index contributed by atoms with van der Waals surface area (Å²) < 4.78 is 8.40. The molecule has 4 aromatic rings. The van der Waals surface area contributed by atoms with Crippen LogP contribution < -0.4 is 15.6 Å². The Balaban J connectivity index is 1.39. The molecule has 0 fully saturated rings. The number of benzene rings is 2. The fraction of sp³-hybridized carbons (Fsp3) is 0.0455. The molecule has 2 aromatic carbocycles. The van der Waals surface area contributed by atoms with Gasteiger partial charge in [0, 0.05) is 40.9 Å². The molecule has 0 atom stereocenters. The van der Waals surface area contributed by atoms with Crippen LogP contribution in [0.5, 0.6) is 11.6 Å². The highest BCUT2D eigenvalue weighted by atomic mass is 79.9. The number of ether oxygens (including phenoxy) is 1. The van der Waals surface area contributed by atoms with E-state index in [1.165, 1.54) is 6.20 Å². The number of para-hydroxylation sites is 1. The fourth-order valence-electron chi connectivity index (χ4n) is 3.00. The molecular weight excluding hydrogens is 448 g/mol. The van der Waals surface area contributed by atoms with Crippen molar-refractivity contribution in [3.63, 3.8) is 0 Å². The largest absolute Gasteiger partial charge is 0.439 e. The van der Waals surface area contributed by atoms with Crippen LogP contribution in [0.4, 0.5) is 0 Å². The smallest absolute Gasteiger partial charge is 0.271 e. The maximum Gasteiger partial charge on any atom is 0.271 e. The lowest BCUT2D eigenvalue weighted by atomic mass is 10.2. The molecule has 0 spiro atoms. The maximum absolute atomic E-state index is 12.5. The number of fused-ring (bicyclic) bond motifs is 1. The number of aromatic nitrogens is 2. The number of nitrogens with zero attached hydrogens (tertiary/aromatic N) is 2. The Hall–Kier alpha value is -3.65. The monoisotopic (exact) mass is 464 g/mol. The highest BCUT2D eigenvalue weighted by molar-refractivity contribution is 9.10. The Kier molecular flexibility index (Phi) is 5.49. The molecule has 8 heteroatoms. The van der Waals surface area contributed by atoms with Crippen molar-refractivity contribution in [2.24, 2.45) is 7.05 Å². The van der Waals surface area contributed by atoms with E-state index in [1.54, 1.807) is 24.4 Å². The van der Waals surface area contributed by atoms with Gasteiger partial charge in [0.05, 0.1) is 11.1 Å². The average Bonchev–Trinajstić information content (AvgIpc) is 3.09. The van der Waals surface area contributed by atoms with Crippen molar-refractivity contribution in [2.45, 2.75) is 0 Å². The van der Waals surface area contributed by atoms with Gasteiger partial charge >= 0.3 is 0 Å². The zero-order valence-corrected chi connectivity index (χ0v) is 17.5. The van der Waals surface area contributed by atoms with Crippen molar-refractivity contribution >= 4 is 38.6 Å². The summed E-state index contributed by atoms with van der Waals surface area (Å²) in [7, 11) is 1.86. The topological polar surface area (TPSA) is 85.2 Å². The van der Waals surface area contributed by atoms with Crippen molar-refractivity contribution in [3.05, 3.63) is 88.7 Å². The van der Waals surface area contributed by atoms with E-state index in [2.05, 4.69) is 31.8 Å². The van der Waals surface area contributed by atoms with Crippen molar-refractivity contribution in [2.75, 3.05) is 0 Å². The molecule has 2 amide bonds. The molecule has 2 heterocycles. The second kappa shape index (κ2) is 8.38. The van der Waals surface area contributed by atoms with Gasteiger partial charge in [-0.15, -0.1) is 0 Å². The van der Waals surface area contributed by atoms with Gasteiger partial charge in [0.2, 0.25) is 5.88 Å². The van der Waals surface area contributed by atoms with Gasteiger partial charge in [-0.1, -0.05) is 40.2 Å². The lowest BCUT2D eigenvalue weighted by Gasteiger charge is -2.08. The number of amides is 2. The van der Waals surface area contributed by atoms with E-state index in [4.69, 9.17) is 4.74 Å². The molecule has 0 bridgehead atoms. The first-order valence-corrected chi connectivity index (χ1v) is 9.85. The molecule has 0 aliphatic rings. The molecule has 0 radical (unpaired) electrons. The van der Waals surface area contributed by atoms with Gasteiger partial charge in [-0.2, -0.15) is 0 Å². The lowest BCUT2D eigenvalue weighted by Crippen LogP contribution is -2.41. The number of hydrazine groups is 1. The van der Waals surface area contributed by atoms with E-state index >= 15 is 0 Å². The second-order valence-electron chi connectivity index (χ2n) is 6.52. The third kappa shape index (κ3) is 4.18. The summed E-state index contributed by atoms with van der Waals surface area (Å²) in [6.07, 6.45) is 3.11. The van der Waals surface area contributed by atoms with E-state index in [9.17, 15) is 9.59 Å². The van der Waals surface area contributed by atoms with Crippen LogP contribution in [-0.2, 0) is 7.05 Å². The third-order valence-electron chi connectivity index (χ3n) is 4.45. The molecule has 7 nitrogen and oxygen atoms in total. The first-order valence-electron chi connectivity index (χ1n) is 9.05. The number of halogens is 1. The average molecular weight is 465 g/mol. The molecule has 0 unspecified atom stereocenters. The second-order valence-corrected chi connectivity index (χ2v) is 7.44. The van der Waals surface area contributed by atoms with Crippen LogP contribution in [-0.4, -0.2) is 21.4 Å². The molecule has 0 aliphatic heterocycles. The van der Waals surface area contributed by atoms with Gasteiger partial charge in [0.25, 0.3) is 11.8 Å².